The average Bonchev–Trinajstić information content (AvgIpc) is 2.90. The molecule has 1 aliphatic heterocycles. The van der Waals surface area contributed by atoms with E-state index in [-0.39, 0.29) is 12.4 Å². The summed E-state index contributed by atoms with van der Waals surface area (Å²) in [4.78, 5) is 0. The van der Waals surface area contributed by atoms with Gasteiger partial charge in [-0.2, -0.15) is 0 Å². The van der Waals surface area contributed by atoms with Crippen molar-refractivity contribution in [3.63, 3.8) is 0 Å². The minimum Gasteiger partial charge on any atom is -0.508 e. The highest BCUT2D eigenvalue weighted by atomic mass is 16.5. The molecule has 4 heteroatoms. The highest BCUT2D eigenvalue weighted by Crippen LogP contribution is 2.37. The van der Waals surface area contributed by atoms with Gasteiger partial charge in [0.1, 0.15) is 5.75 Å². The lowest BCUT2D eigenvalue weighted by Crippen LogP contribution is -2.33. The summed E-state index contributed by atoms with van der Waals surface area (Å²) in [5.41, 5.74) is 5.38. The van der Waals surface area contributed by atoms with Crippen LogP contribution in [0.3, 0.4) is 0 Å². The second kappa shape index (κ2) is 7.69. The number of aromatic hydroxyl groups is 1. The standard InChI is InChI=1S/C23H24O4/c24-14-20-12-19(25)13-23(27-20)21-11-15(6-7-22(21)26)8-16-9-17-4-2-1-3-5-18(17)10-16/h1-7,9-11,19-20,23-26H,8,12-14H2/t19?,20-,23+/m0/s1. The number of aliphatic hydroxyl groups is 2. The molecule has 3 N–H and O–H groups in total. The minimum absolute atomic E-state index is 0.133. The van der Waals surface area contributed by atoms with Crippen LogP contribution in [0.2, 0.25) is 0 Å². The van der Waals surface area contributed by atoms with Crippen LogP contribution in [0.25, 0.3) is 11.1 Å². The zero-order valence-corrected chi connectivity index (χ0v) is 15.1. The van der Waals surface area contributed by atoms with E-state index in [0.29, 0.717) is 18.4 Å². The monoisotopic (exact) mass is 364 g/mol. The molecule has 1 fully saturated rings. The molecule has 0 aromatic heterocycles. The predicted octanol–water partition coefficient (Wildman–Crippen LogP) is 3.66. The van der Waals surface area contributed by atoms with Crippen LogP contribution in [-0.4, -0.2) is 34.1 Å². The van der Waals surface area contributed by atoms with Crippen LogP contribution in [-0.2, 0) is 11.2 Å². The lowest BCUT2D eigenvalue weighted by Gasteiger charge is -2.33. The quantitative estimate of drug-likeness (QED) is 0.661. The van der Waals surface area contributed by atoms with Gasteiger partial charge >= 0.3 is 0 Å². The van der Waals surface area contributed by atoms with E-state index in [1.54, 1.807) is 6.07 Å². The van der Waals surface area contributed by atoms with Crippen molar-refractivity contribution in [2.24, 2.45) is 0 Å². The predicted molar refractivity (Wildman–Crippen MR) is 104 cm³/mol. The van der Waals surface area contributed by atoms with Gasteiger partial charge in [0.15, 0.2) is 0 Å². The zero-order valence-electron chi connectivity index (χ0n) is 15.1. The molecule has 3 atom stereocenters. The lowest BCUT2D eigenvalue weighted by molar-refractivity contribution is -0.114. The normalized spacial score (nSPS) is 22.8. The summed E-state index contributed by atoms with van der Waals surface area (Å²) in [5, 5.41) is 29.8. The molecule has 1 aromatic rings. The molecule has 3 aliphatic rings. The molecule has 4 nitrogen and oxygen atoms in total. The van der Waals surface area contributed by atoms with Crippen molar-refractivity contribution < 1.29 is 20.1 Å². The number of ether oxygens (including phenoxy) is 1. The van der Waals surface area contributed by atoms with Gasteiger partial charge in [-0.05, 0) is 40.8 Å². The number of fused-ring (bicyclic) bond motifs is 1. The maximum Gasteiger partial charge on any atom is 0.121 e. The Morgan fingerprint density at radius 1 is 0.889 bits per heavy atom. The Morgan fingerprint density at radius 2 is 1.63 bits per heavy atom. The maximum absolute atomic E-state index is 10.3. The summed E-state index contributed by atoms with van der Waals surface area (Å²) in [7, 11) is 0. The molecule has 1 unspecified atom stereocenters. The molecular formula is C23H24O4. The van der Waals surface area contributed by atoms with Crippen molar-refractivity contribution >= 4 is 0 Å². The minimum atomic E-state index is -0.537. The van der Waals surface area contributed by atoms with Crippen molar-refractivity contribution in [3.8, 4) is 16.9 Å². The Balaban J connectivity index is 1.59. The van der Waals surface area contributed by atoms with Gasteiger partial charge in [0, 0.05) is 18.4 Å². The van der Waals surface area contributed by atoms with E-state index in [9.17, 15) is 15.3 Å². The van der Waals surface area contributed by atoms with Crippen molar-refractivity contribution in [1.82, 2.24) is 0 Å². The Bertz CT molecular complexity index is 860. The molecule has 4 rings (SSSR count). The average molecular weight is 364 g/mol. The van der Waals surface area contributed by atoms with Crippen LogP contribution in [0, 0.1) is 0 Å². The molecule has 1 aromatic carbocycles. The van der Waals surface area contributed by atoms with Crippen LogP contribution >= 0.6 is 0 Å². The fraction of sp³-hybridized carbons (Fsp3) is 0.304. The molecule has 1 saturated heterocycles. The molecule has 27 heavy (non-hydrogen) atoms. The molecule has 140 valence electrons. The van der Waals surface area contributed by atoms with Crippen LogP contribution in [0.5, 0.6) is 5.75 Å². The van der Waals surface area contributed by atoms with Crippen LogP contribution in [0.15, 0.2) is 60.7 Å². The first kappa shape index (κ1) is 18.0. The molecule has 0 bridgehead atoms. The van der Waals surface area contributed by atoms with Crippen molar-refractivity contribution in [1.29, 1.82) is 0 Å². The summed E-state index contributed by atoms with van der Waals surface area (Å²) < 4.78 is 5.87. The topological polar surface area (TPSA) is 69.9 Å². The van der Waals surface area contributed by atoms with E-state index < -0.39 is 18.3 Å². The Kier molecular flexibility index (Phi) is 5.12. The number of hydrogen-bond donors (Lipinski definition) is 3. The van der Waals surface area contributed by atoms with Gasteiger partial charge in [-0.15, -0.1) is 0 Å². The molecule has 0 amide bonds. The first-order chi connectivity index (χ1) is 13.1. The summed E-state index contributed by atoms with van der Waals surface area (Å²) in [5.74, 6) is 0.161. The number of phenols is 1. The Labute approximate surface area is 159 Å². The molecule has 0 spiro atoms. The van der Waals surface area contributed by atoms with Crippen LogP contribution in [0.4, 0.5) is 0 Å². The van der Waals surface area contributed by atoms with E-state index in [1.807, 2.05) is 30.3 Å². The van der Waals surface area contributed by atoms with Gasteiger partial charge < -0.3 is 20.1 Å². The van der Waals surface area contributed by atoms with Crippen LogP contribution in [0.1, 0.15) is 35.6 Å². The largest absolute Gasteiger partial charge is 0.508 e. The van der Waals surface area contributed by atoms with Crippen LogP contribution < -0.4 is 0 Å². The first-order valence-electron chi connectivity index (χ1n) is 9.36. The van der Waals surface area contributed by atoms with Gasteiger partial charge in [-0.1, -0.05) is 48.5 Å². The number of phenolic OH excluding ortho intramolecular Hbond substituents is 1. The van der Waals surface area contributed by atoms with E-state index in [2.05, 4.69) is 24.3 Å². The second-order valence-corrected chi connectivity index (χ2v) is 7.31. The third kappa shape index (κ3) is 3.98. The van der Waals surface area contributed by atoms with Crippen molar-refractivity contribution in [2.75, 3.05) is 6.61 Å². The highest BCUT2D eigenvalue weighted by Gasteiger charge is 2.30. The Hall–Kier alpha value is -2.40. The number of hydrogen-bond acceptors (Lipinski definition) is 4. The summed E-state index contributed by atoms with van der Waals surface area (Å²) in [6, 6.07) is 20.2. The third-order valence-electron chi connectivity index (χ3n) is 5.22. The molecular weight excluding hydrogens is 340 g/mol. The molecule has 1 heterocycles. The van der Waals surface area contributed by atoms with E-state index in [1.165, 1.54) is 16.7 Å². The van der Waals surface area contributed by atoms with Gasteiger partial charge in [0.05, 0.1) is 24.9 Å². The second-order valence-electron chi connectivity index (χ2n) is 7.31. The van der Waals surface area contributed by atoms with Gasteiger partial charge in [-0.3, -0.25) is 0 Å². The van der Waals surface area contributed by atoms with E-state index in [0.717, 1.165) is 12.0 Å². The molecule has 0 saturated carbocycles. The van der Waals surface area contributed by atoms with Gasteiger partial charge in [0.25, 0.3) is 0 Å². The highest BCUT2D eigenvalue weighted by molar-refractivity contribution is 5.68. The van der Waals surface area contributed by atoms with Gasteiger partial charge in [-0.25, -0.2) is 0 Å². The number of rotatable bonds is 4. The Morgan fingerprint density at radius 3 is 2.33 bits per heavy atom. The van der Waals surface area contributed by atoms with E-state index >= 15 is 0 Å². The SMILES string of the molecule is OC[C@@H]1CC(O)C[C@H](c2cc(Cc3cc4cccccc-4c3)ccc2O)O1. The number of aliphatic hydroxyl groups excluding tert-OH is 2. The van der Waals surface area contributed by atoms with Crippen molar-refractivity contribution in [3.05, 3.63) is 77.4 Å². The summed E-state index contributed by atoms with van der Waals surface area (Å²) in [6.07, 6.45) is 0.247. The fourth-order valence-corrected chi connectivity index (χ4v) is 3.90. The molecule has 0 radical (unpaired) electrons. The van der Waals surface area contributed by atoms with Gasteiger partial charge in [0.2, 0.25) is 0 Å². The third-order valence-corrected chi connectivity index (χ3v) is 5.22. The maximum atomic E-state index is 10.3. The summed E-state index contributed by atoms with van der Waals surface area (Å²) >= 11 is 0. The zero-order chi connectivity index (χ0) is 18.8. The fourth-order valence-electron chi connectivity index (χ4n) is 3.90. The first-order valence-corrected chi connectivity index (χ1v) is 9.36. The van der Waals surface area contributed by atoms with E-state index in [4.69, 9.17) is 4.74 Å². The van der Waals surface area contributed by atoms with Crippen molar-refractivity contribution in [2.45, 2.75) is 37.6 Å². The smallest absolute Gasteiger partial charge is 0.121 e. The summed E-state index contributed by atoms with van der Waals surface area (Å²) in [6.45, 7) is -0.133. The number of benzene rings is 1. The molecule has 2 aliphatic carbocycles. The lowest BCUT2D eigenvalue weighted by atomic mass is 9.93.